The molecular formula is C16H19NO. The summed E-state index contributed by atoms with van der Waals surface area (Å²) in [5, 5.41) is 3.47. The Hall–Kier alpha value is -1.96. The molecular weight excluding hydrogens is 222 g/mol. The van der Waals surface area contributed by atoms with Gasteiger partial charge in [0.25, 0.3) is 0 Å². The second kappa shape index (κ2) is 6.10. The third kappa shape index (κ3) is 3.27. The summed E-state index contributed by atoms with van der Waals surface area (Å²) < 4.78 is 5.44. The lowest BCUT2D eigenvalue weighted by Crippen LogP contribution is -2.06. The van der Waals surface area contributed by atoms with Gasteiger partial charge in [-0.2, -0.15) is 0 Å². The molecule has 0 aliphatic carbocycles. The van der Waals surface area contributed by atoms with E-state index in [1.807, 2.05) is 37.3 Å². The topological polar surface area (TPSA) is 21.3 Å². The van der Waals surface area contributed by atoms with E-state index in [4.69, 9.17) is 4.74 Å². The Balaban J connectivity index is 2.02. The SMILES string of the molecule is CCOc1ccc(C(C)Nc2ccccc2)cc1. The Morgan fingerprint density at radius 2 is 1.67 bits per heavy atom. The lowest BCUT2D eigenvalue weighted by molar-refractivity contribution is 0.340. The van der Waals surface area contributed by atoms with Crippen LogP contribution in [0.4, 0.5) is 5.69 Å². The number of hydrogen-bond donors (Lipinski definition) is 1. The molecule has 0 aliphatic rings. The molecule has 0 amide bonds. The Labute approximate surface area is 109 Å². The number of nitrogens with one attached hydrogen (secondary N) is 1. The molecule has 2 nitrogen and oxygen atoms in total. The van der Waals surface area contributed by atoms with Gasteiger partial charge < -0.3 is 10.1 Å². The quantitative estimate of drug-likeness (QED) is 0.844. The van der Waals surface area contributed by atoms with Crippen molar-refractivity contribution < 1.29 is 4.74 Å². The lowest BCUT2D eigenvalue weighted by atomic mass is 10.1. The van der Waals surface area contributed by atoms with E-state index in [1.54, 1.807) is 0 Å². The number of ether oxygens (including phenoxy) is 1. The number of rotatable bonds is 5. The molecule has 0 saturated carbocycles. The zero-order chi connectivity index (χ0) is 12.8. The van der Waals surface area contributed by atoms with Crippen LogP contribution in [0, 0.1) is 0 Å². The fraction of sp³-hybridized carbons (Fsp3) is 0.250. The third-order valence-corrected chi connectivity index (χ3v) is 2.85. The molecule has 2 heteroatoms. The van der Waals surface area contributed by atoms with E-state index >= 15 is 0 Å². The number of hydrogen-bond acceptors (Lipinski definition) is 2. The Bertz CT molecular complexity index is 464. The first-order valence-corrected chi connectivity index (χ1v) is 6.34. The average Bonchev–Trinajstić information content (AvgIpc) is 2.41. The molecule has 94 valence electrons. The molecule has 1 atom stereocenters. The Morgan fingerprint density at radius 1 is 1.00 bits per heavy atom. The largest absolute Gasteiger partial charge is 0.494 e. The minimum atomic E-state index is 0.281. The average molecular weight is 241 g/mol. The van der Waals surface area contributed by atoms with Crippen LogP contribution in [0.2, 0.25) is 0 Å². The van der Waals surface area contributed by atoms with E-state index in [1.165, 1.54) is 5.56 Å². The van der Waals surface area contributed by atoms with Gasteiger partial charge in [-0.1, -0.05) is 30.3 Å². The van der Waals surface area contributed by atoms with Crippen LogP contribution in [0.1, 0.15) is 25.5 Å². The first-order chi connectivity index (χ1) is 8.79. The summed E-state index contributed by atoms with van der Waals surface area (Å²) in [6.07, 6.45) is 0. The highest BCUT2D eigenvalue weighted by Crippen LogP contribution is 2.21. The predicted octanol–water partition coefficient (Wildman–Crippen LogP) is 4.26. The normalized spacial score (nSPS) is 11.9. The smallest absolute Gasteiger partial charge is 0.119 e. The molecule has 1 N–H and O–H groups in total. The van der Waals surface area contributed by atoms with Crippen molar-refractivity contribution in [2.75, 3.05) is 11.9 Å². The maximum absolute atomic E-state index is 5.44. The summed E-state index contributed by atoms with van der Waals surface area (Å²) in [6, 6.07) is 18.8. The van der Waals surface area contributed by atoms with Gasteiger partial charge in [0.15, 0.2) is 0 Å². The highest BCUT2D eigenvalue weighted by atomic mass is 16.5. The van der Waals surface area contributed by atoms with Gasteiger partial charge in [0.1, 0.15) is 5.75 Å². The van der Waals surface area contributed by atoms with Crippen molar-refractivity contribution in [3.8, 4) is 5.75 Å². The summed E-state index contributed by atoms with van der Waals surface area (Å²) >= 11 is 0. The van der Waals surface area contributed by atoms with E-state index in [9.17, 15) is 0 Å². The second-order valence-electron chi connectivity index (χ2n) is 4.23. The highest BCUT2D eigenvalue weighted by molar-refractivity contribution is 5.45. The van der Waals surface area contributed by atoms with Gasteiger partial charge in [-0.3, -0.25) is 0 Å². The van der Waals surface area contributed by atoms with Gasteiger partial charge in [0, 0.05) is 11.7 Å². The molecule has 0 radical (unpaired) electrons. The molecule has 0 saturated heterocycles. The molecule has 0 fully saturated rings. The van der Waals surface area contributed by atoms with Gasteiger partial charge >= 0.3 is 0 Å². The molecule has 0 aliphatic heterocycles. The Morgan fingerprint density at radius 3 is 2.28 bits per heavy atom. The molecule has 1 unspecified atom stereocenters. The maximum atomic E-state index is 5.44. The second-order valence-corrected chi connectivity index (χ2v) is 4.23. The summed E-state index contributed by atoms with van der Waals surface area (Å²) in [4.78, 5) is 0. The van der Waals surface area contributed by atoms with Crippen molar-refractivity contribution in [2.24, 2.45) is 0 Å². The van der Waals surface area contributed by atoms with Crippen molar-refractivity contribution >= 4 is 5.69 Å². The van der Waals surface area contributed by atoms with Gasteiger partial charge in [-0.15, -0.1) is 0 Å². The molecule has 2 aromatic carbocycles. The number of anilines is 1. The van der Waals surface area contributed by atoms with Crippen molar-refractivity contribution in [2.45, 2.75) is 19.9 Å². The minimum absolute atomic E-state index is 0.281. The van der Waals surface area contributed by atoms with Crippen molar-refractivity contribution in [3.63, 3.8) is 0 Å². The van der Waals surface area contributed by atoms with Gasteiger partial charge in [0.05, 0.1) is 6.61 Å². The predicted molar refractivity (Wildman–Crippen MR) is 76.1 cm³/mol. The molecule has 2 aromatic rings. The fourth-order valence-corrected chi connectivity index (χ4v) is 1.89. The van der Waals surface area contributed by atoms with E-state index in [-0.39, 0.29) is 6.04 Å². The van der Waals surface area contributed by atoms with Crippen molar-refractivity contribution in [3.05, 3.63) is 60.2 Å². The standard InChI is InChI=1S/C16H19NO/c1-3-18-16-11-9-14(10-12-16)13(2)17-15-7-5-4-6-8-15/h4-13,17H,3H2,1-2H3. The molecule has 0 heterocycles. The van der Waals surface area contributed by atoms with Crippen LogP contribution in [0.3, 0.4) is 0 Å². The zero-order valence-corrected chi connectivity index (χ0v) is 10.9. The summed E-state index contributed by atoms with van der Waals surface area (Å²) in [5.74, 6) is 0.924. The zero-order valence-electron chi connectivity index (χ0n) is 10.9. The van der Waals surface area contributed by atoms with Crippen molar-refractivity contribution in [1.82, 2.24) is 0 Å². The Kier molecular flexibility index (Phi) is 4.24. The minimum Gasteiger partial charge on any atom is -0.494 e. The van der Waals surface area contributed by atoms with E-state index < -0.39 is 0 Å². The summed E-state index contributed by atoms with van der Waals surface area (Å²) in [7, 11) is 0. The molecule has 0 aromatic heterocycles. The van der Waals surface area contributed by atoms with Gasteiger partial charge in [-0.25, -0.2) is 0 Å². The van der Waals surface area contributed by atoms with Crippen LogP contribution in [-0.2, 0) is 0 Å². The molecule has 18 heavy (non-hydrogen) atoms. The van der Waals surface area contributed by atoms with Gasteiger partial charge in [-0.05, 0) is 43.7 Å². The fourth-order valence-electron chi connectivity index (χ4n) is 1.89. The van der Waals surface area contributed by atoms with E-state index in [0.717, 1.165) is 11.4 Å². The molecule has 0 spiro atoms. The van der Waals surface area contributed by atoms with Crippen LogP contribution in [0.15, 0.2) is 54.6 Å². The maximum Gasteiger partial charge on any atom is 0.119 e. The first-order valence-electron chi connectivity index (χ1n) is 6.34. The van der Waals surface area contributed by atoms with Crippen molar-refractivity contribution in [1.29, 1.82) is 0 Å². The summed E-state index contributed by atoms with van der Waals surface area (Å²) in [5.41, 5.74) is 2.39. The van der Waals surface area contributed by atoms with Crippen LogP contribution in [0.5, 0.6) is 5.75 Å². The number of benzene rings is 2. The van der Waals surface area contributed by atoms with Crippen LogP contribution >= 0.6 is 0 Å². The van der Waals surface area contributed by atoms with Crippen LogP contribution in [0.25, 0.3) is 0 Å². The first kappa shape index (κ1) is 12.5. The monoisotopic (exact) mass is 241 g/mol. The summed E-state index contributed by atoms with van der Waals surface area (Å²) in [6.45, 7) is 4.85. The molecule has 2 rings (SSSR count). The van der Waals surface area contributed by atoms with Crippen LogP contribution in [-0.4, -0.2) is 6.61 Å². The highest BCUT2D eigenvalue weighted by Gasteiger charge is 2.04. The number of para-hydroxylation sites is 1. The van der Waals surface area contributed by atoms with E-state index in [2.05, 4.69) is 36.5 Å². The lowest BCUT2D eigenvalue weighted by Gasteiger charge is -2.16. The molecule has 0 bridgehead atoms. The van der Waals surface area contributed by atoms with Gasteiger partial charge in [0.2, 0.25) is 0 Å². The van der Waals surface area contributed by atoms with E-state index in [0.29, 0.717) is 6.61 Å². The van der Waals surface area contributed by atoms with Crippen LogP contribution < -0.4 is 10.1 Å². The third-order valence-electron chi connectivity index (χ3n) is 2.85.